The van der Waals surface area contributed by atoms with E-state index in [1.54, 1.807) is 0 Å². The molecule has 34 heavy (non-hydrogen) atoms. The summed E-state index contributed by atoms with van der Waals surface area (Å²) in [4.78, 5) is 12.8. The number of nitrogen functional groups attached to an aromatic ring is 1. The highest BCUT2D eigenvalue weighted by Gasteiger charge is 2.16. The molecule has 0 aliphatic rings. The molecular formula is C30H41NO3. The SMILES string of the molecule is CCCCCCCCCCCCCCOc1c(Cc2ccc(N)cc2)c(=O)oc2ccccc12. The van der Waals surface area contributed by atoms with E-state index in [9.17, 15) is 4.79 Å². The Labute approximate surface area is 204 Å². The van der Waals surface area contributed by atoms with E-state index in [1.807, 2.05) is 48.5 Å². The predicted octanol–water partition coefficient (Wildman–Crippen LogP) is 8.05. The highest BCUT2D eigenvalue weighted by Crippen LogP contribution is 2.29. The van der Waals surface area contributed by atoms with Gasteiger partial charge >= 0.3 is 5.63 Å². The van der Waals surface area contributed by atoms with Crippen molar-refractivity contribution in [3.05, 3.63) is 70.1 Å². The summed E-state index contributed by atoms with van der Waals surface area (Å²) < 4.78 is 11.8. The fraction of sp³-hybridized carbons (Fsp3) is 0.500. The maximum Gasteiger partial charge on any atom is 0.343 e. The summed E-state index contributed by atoms with van der Waals surface area (Å²) >= 11 is 0. The van der Waals surface area contributed by atoms with Gasteiger partial charge in [0.15, 0.2) is 0 Å². The highest BCUT2D eigenvalue weighted by molar-refractivity contribution is 5.84. The van der Waals surface area contributed by atoms with E-state index in [0.29, 0.717) is 35.6 Å². The van der Waals surface area contributed by atoms with Gasteiger partial charge < -0.3 is 14.9 Å². The number of hydrogen-bond donors (Lipinski definition) is 1. The summed E-state index contributed by atoms with van der Waals surface area (Å²) in [5.41, 5.74) is 8.33. The molecule has 0 saturated heterocycles. The number of fused-ring (bicyclic) bond motifs is 1. The van der Waals surface area contributed by atoms with Crippen molar-refractivity contribution in [3.8, 4) is 5.75 Å². The van der Waals surface area contributed by atoms with Crippen molar-refractivity contribution in [3.63, 3.8) is 0 Å². The smallest absolute Gasteiger partial charge is 0.343 e. The van der Waals surface area contributed by atoms with Crippen LogP contribution in [0.1, 0.15) is 95.1 Å². The van der Waals surface area contributed by atoms with Gasteiger partial charge in [0.25, 0.3) is 0 Å². The van der Waals surface area contributed by atoms with Gasteiger partial charge in [-0.15, -0.1) is 0 Å². The molecule has 0 atom stereocenters. The van der Waals surface area contributed by atoms with Crippen LogP contribution >= 0.6 is 0 Å². The Hall–Kier alpha value is -2.75. The van der Waals surface area contributed by atoms with Crippen LogP contribution in [0.4, 0.5) is 5.69 Å². The lowest BCUT2D eigenvalue weighted by Gasteiger charge is -2.13. The average Bonchev–Trinajstić information content (AvgIpc) is 2.84. The van der Waals surface area contributed by atoms with Crippen molar-refractivity contribution in [1.29, 1.82) is 0 Å². The third-order valence-corrected chi connectivity index (χ3v) is 6.46. The Morgan fingerprint density at radius 2 is 1.35 bits per heavy atom. The van der Waals surface area contributed by atoms with E-state index in [2.05, 4.69) is 6.92 Å². The first-order chi connectivity index (χ1) is 16.7. The summed E-state index contributed by atoms with van der Waals surface area (Å²) in [5, 5.41) is 0.853. The zero-order valence-electron chi connectivity index (χ0n) is 20.8. The average molecular weight is 464 g/mol. The minimum atomic E-state index is -0.333. The van der Waals surface area contributed by atoms with Crippen LogP contribution in [0.15, 0.2) is 57.7 Å². The van der Waals surface area contributed by atoms with Crippen LogP contribution in [-0.2, 0) is 6.42 Å². The third kappa shape index (κ3) is 8.23. The van der Waals surface area contributed by atoms with Gasteiger partial charge in [-0.3, -0.25) is 0 Å². The van der Waals surface area contributed by atoms with Crippen molar-refractivity contribution >= 4 is 16.7 Å². The van der Waals surface area contributed by atoms with Crippen LogP contribution < -0.4 is 16.1 Å². The van der Waals surface area contributed by atoms with Gasteiger partial charge in [0, 0.05) is 12.1 Å². The van der Waals surface area contributed by atoms with Crippen molar-refractivity contribution in [2.75, 3.05) is 12.3 Å². The third-order valence-electron chi connectivity index (χ3n) is 6.46. The Balaban J connectivity index is 1.48. The second-order valence-corrected chi connectivity index (χ2v) is 9.35. The minimum absolute atomic E-state index is 0.333. The lowest BCUT2D eigenvalue weighted by atomic mass is 10.0. The summed E-state index contributed by atoms with van der Waals surface area (Å²) in [7, 11) is 0. The number of para-hydroxylation sites is 1. The number of ether oxygens (including phenoxy) is 1. The molecule has 0 bridgehead atoms. The molecule has 4 heteroatoms. The van der Waals surface area contributed by atoms with Gasteiger partial charge in [-0.25, -0.2) is 4.79 Å². The molecule has 0 amide bonds. The molecule has 0 radical (unpaired) electrons. The topological polar surface area (TPSA) is 65.5 Å². The molecular weight excluding hydrogens is 422 g/mol. The lowest BCUT2D eigenvalue weighted by Crippen LogP contribution is -2.12. The predicted molar refractivity (Wildman–Crippen MR) is 143 cm³/mol. The van der Waals surface area contributed by atoms with E-state index >= 15 is 0 Å². The Morgan fingerprint density at radius 3 is 2.00 bits per heavy atom. The molecule has 3 rings (SSSR count). The number of rotatable bonds is 16. The van der Waals surface area contributed by atoms with Crippen molar-refractivity contribution in [1.82, 2.24) is 0 Å². The van der Waals surface area contributed by atoms with Crippen molar-refractivity contribution in [2.45, 2.75) is 90.4 Å². The van der Waals surface area contributed by atoms with Gasteiger partial charge in [-0.05, 0) is 36.2 Å². The molecule has 0 fully saturated rings. The standard InChI is InChI=1S/C30H41NO3/c1-2-3-4-5-6-7-8-9-10-11-12-15-22-33-29-26-16-13-14-17-28(26)34-30(32)27(29)23-24-18-20-25(31)21-19-24/h13-14,16-21H,2-12,15,22-23,31H2,1H3. The molecule has 184 valence electrons. The maximum atomic E-state index is 12.8. The van der Waals surface area contributed by atoms with Crippen LogP contribution in [0.2, 0.25) is 0 Å². The molecule has 0 aliphatic heterocycles. The molecule has 0 unspecified atom stereocenters. The maximum absolute atomic E-state index is 12.8. The Kier molecular flexibility index (Phi) is 11.0. The van der Waals surface area contributed by atoms with E-state index in [1.165, 1.54) is 64.2 Å². The number of anilines is 1. The van der Waals surface area contributed by atoms with Crippen LogP contribution in [-0.4, -0.2) is 6.61 Å². The number of nitrogens with two attached hydrogens (primary N) is 1. The van der Waals surface area contributed by atoms with Crippen LogP contribution in [0.25, 0.3) is 11.0 Å². The van der Waals surface area contributed by atoms with Crippen molar-refractivity contribution < 1.29 is 9.15 Å². The molecule has 0 spiro atoms. The summed E-state index contributed by atoms with van der Waals surface area (Å²) in [6.07, 6.45) is 16.1. The number of unbranched alkanes of at least 4 members (excludes halogenated alkanes) is 11. The summed E-state index contributed by atoms with van der Waals surface area (Å²) in [6, 6.07) is 15.2. The van der Waals surface area contributed by atoms with Crippen LogP contribution in [0, 0.1) is 0 Å². The van der Waals surface area contributed by atoms with Gasteiger partial charge in [-0.1, -0.05) is 102 Å². The van der Waals surface area contributed by atoms with E-state index in [-0.39, 0.29) is 5.63 Å². The Morgan fingerprint density at radius 1 is 0.765 bits per heavy atom. The first-order valence-corrected chi connectivity index (χ1v) is 13.2. The molecule has 1 heterocycles. The quantitative estimate of drug-likeness (QED) is 0.133. The first kappa shape index (κ1) is 25.9. The van der Waals surface area contributed by atoms with Gasteiger partial charge in [0.1, 0.15) is 11.3 Å². The lowest BCUT2D eigenvalue weighted by molar-refractivity contribution is 0.302. The largest absolute Gasteiger partial charge is 0.492 e. The molecule has 0 aliphatic carbocycles. The highest BCUT2D eigenvalue weighted by atomic mass is 16.5. The van der Waals surface area contributed by atoms with Crippen LogP contribution in [0.5, 0.6) is 5.75 Å². The number of hydrogen-bond acceptors (Lipinski definition) is 4. The fourth-order valence-corrected chi connectivity index (χ4v) is 4.43. The van der Waals surface area contributed by atoms with Crippen LogP contribution in [0.3, 0.4) is 0 Å². The molecule has 2 N–H and O–H groups in total. The molecule has 0 saturated carbocycles. The minimum Gasteiger partial charge on any atom is -0.492 e. The number of benzene rings is 2. The van der Waals surface area contributed by atoms with E-state index in [0.717, 1.165) is 23.8 Å². The molecule has 1 aromatic heterocycles. The summed E-state index contributed by atoms with van der Waals surface area (Å²) in [5.74, 6) is 0.659. The zero-order valence-corrected chi connectivity index (χ0v) is 20.8. The summed E-state index contributed by atoms with van der Waals surface area (Å²) in [6.45, 7) is 2.88. The van der Waals surface area contributed by atoms with E-state index in [4.69, 9.17) is 14.9 Å². The molecule has 2 aromatic carbocycles. The van der Waals surface area contributed by atoms with Gasteiger partial charge in [0.2, 0.25) is 0 Å². The second kappa shape index (κ2) is 14.5. The normalized spacial score (nSPS) is 11.2. The second-order valence-electron chi connectivity index (χ2n) is 9.35. The first-order valence-electron chi connectivity index (χ1n) is 13.2. The van der Waals surface area contributed by atoms with Gasteiger partial charge in [-0.2, -0.15) is 0 Å². The van der Waals surface area contributed by atoms with Gasteiger partial charge in [0.05, 0.1) is 17.6 Å². The zero-order chi connectivity index (χ0) is 24.0. The fourth-order valence-electron chi connectivity index (χ4n) is 4.43. The molecule has 4 nitrogen and oxygen atoms in total. The Bertz CT molecular complexity index is 1040. The molecule has 3 aromatic rings. The van der Waals surface area contributed by atoms with Crippen molar-refractivity contribution in [2.24, 2.45) is 0 Å². The van der Waals surface area contributed by atoms with E-state index < -0.39 is 0 Å². The monoisotopic (exact) mass is 463 g/mol.